The van der Waals surface area contributed by atoms with E-state index in [4.69, 9.17) is 0 Å². The maximum atomic E-state index is 12.8. The van der Waals surface area contributed by atoms with Crippen LogP contribution in [0.1, 0.15) is 18.1 Å². The van der Waals surface area contributed by atoms with Crippen molar-refractivity contribution in [2.24, 2.45) is 0 Å². The molecule has 0 aromatic heterocycles. The molecular formula is C14H15F3N2O. The molecule has 0 aliphatic carbocycles. The Morgan fingerprint density at radius 2 is 1.95 bits per heavy atom. The Hall–Kier alpha value is -1.82. The lowest BCUT2D eigenvalue weighted by molar-refractivity contribution is -0.138. The minimum absolute atomic E-state index is 0.0675. The number of rotatable bonds is 3. The number of halogens is 3. The second-order valence-electron chi connectivity index (χ2n) is 4.67. The minimum atomic E-state index is -4.41. The average molecular weight is 284 g/mol. The van der Waals surface area contributed by atoms with E-state index < -0.39 is 11.7 Å². The van der Waals surface area contributed by atoms with E-state index >= 15 is 0 Å². The highest BCUT2D eigenvalue weighted by atomic mass is 19.4. The number of carbonyl (C=O) groups is 1. The molecule has 0 unspecified atom stereocenters. The Labute approximate surface area is 114 Å². The maximum absolute atomic E-state index is 12.8. The Bertz CT molecular complexity index is 544. The van der Waals surface area contributed by atoms with Gasteiger partial charge in [0.2, 0.25) is 5.91 Å². The Morgan fingerprint density at radius 1 is 1.30 bits per heavy atom. The van der Waals surface area contributed by atoms with Crippen LogP contribution in [0.2, 0.25) is 0 Å². The zero-order valence-electron chi connectivity index (χ0n) is 11.0. The van der Waals surface area contributed by atoms with E-state index in [1.165, 1.54) is 18.2 Å². The minimum Gasteiger partial charge on any atom is -0.348 e. The highest BCUT2D eigenvalue weighted by Crippen LogP contribution is 2.31. The Kier molecular flexibility index (Phi) is 4.13. The predicted molar refractivity (Wildman–Crippen MR) is 68.9 cm³/mol. The van der Waals surface area contributed by atoms with Crippen LogP contribution in [-0.4, -0.2) is 19.0 Å². The van der Waals surface area contributed by atoms with E-state index in [1.807, 2.05) is 0 Å². The molecule has 0 saturated carbocycles. The molecule has 0 atom stereocenters. The van der Waals surface area contributed by atoms with E-state index in [2.05, 4.69) is 10.6 Å². The molecule has 0 spiro atoms. The summed E-state index contributed by atoms with van der Waals surface area (Å²) in [5.41, 5.74) is 0.925. The first kappa shape index (κ1) is 14.6. The zero-order valence-corrected chi connectivity index (χ0v) is 11.0. The maximum Gasteiger partial charge on any atom is 0.416 e. The fourth-order valence-electron chi connectivity index (χ4n) is 1.93. The fraction of sp³-hybridized carbons (Fsp3) is 0.357. The van der Waals surface area contributed by atoms with Crippen molar-refractivity contribution in [2.45, 2.75) is 19.6 Å². The summed E-state index contributed by atoms with van der Waals surface area (Å²) >= 11 is 0. The van der Waals surface area contributed by atoms with Crippen molar-refractivity contribution >= 4 is 5.91 Å². The van der Waals surface area contributed by atoms with Crippen molar-refractivity contribution < 1.29 is 18.0 Å². The molecule has 6 heteroatoms. The molecule has 1 heterocycles. The largest absolute Gasteiger partial charge is 0.416 e. The van der Waals surface area contributed by atoms with Crippen molar-refractivity contribution in [1.29, 1.82) is 0 Å². The third-order valence-corrected chi connectivity index (χ3v) is 3.31. The molecule has 108 valence electrons. The Balaban J connectivity index is 2.06. The van der Waals surface area contributed by atoms with Crippen LogP contribution in [0.5, 0.6) is 0 Å². The second-order valence-corrected chi connectivity index (χ2v) is 4.67. The van der Waals surface area contributed by atoms with Gasteiger partial charge in [0.25, 0.3) is 0 Å². The topological polar surface area (TPSA) is 41.1 Å². The number of hydrogen-bond donors (Lipinski definition) is 2. The van der Waals surface area contributed by atoms with Gasteiger partial charge >= 0.3 is 6.18 Å². The molecule has 3 nitrogen and oxygen atoms in total. The lowest BCUT2D eigenvalue weighted by Crippen LogP contribution is -2.37. The van der Waals surface area contributed by atoms with Gasteiger partial charge in [-0.15, -0.1) is 0 Å². The number of amides is 1. The van der Waals surface area contributed by atoms with Gasteiger partial charge in [-0.2, -0.15) is 13.2 Å². The summed E-state index contributed by atoms with van der Waals surface area (Å²) in [5.74, 6) is -0.321. The third kappa shape index (κ3) is 3.19. The van der Waals surface area contributed by atoms with E-state index in [0.717, 1.165) is 11.6 Å². The van der Waals surface area contributed by atoms with E-state index in [9.17, 15) is 18.0 Å². The average Bonchev–Trinajstić information content (AvgIpc) is 2.33. The first-order chi connectivity index (χ1) is 9.39. The van der Waals surface area contributed by atoms with Crippen LogP contribution in [0, 0.1) is 0 Å². The molecule has 1 aromatic carbocycles. The summed E-state index contributed by atoms with van der Waals surface area (Å²) < 4.78 is 38.4. The molecule has 1 aliphatic rings. The number of hydrogen-bond acceptors (Lipinski definition) is 2. The van der Waals surface area contributed by atoms with Gasteiger partial charge in [0, 0.05) is 25.2 Å². The van der Waals surface area contributed by atoms with Crippen LogP contribution in [-0.2, 0) is 17.5 Å². The summed E-state index contributed by atoms with van der Waals surface area (Å²) in [7, 11) is 0. The molecule has 1 aliphatic heterocycles. The van der Waals surface area contributed by atoms with Crippen molar-refractivity contribution in [3.05, 3.63) is 46.5 Å². The van der Waals surface area contributed by atoms with Crippen molar-refractivity contribution in [3.63, 3.8) is 0 Å². The van der Waals surface area contributed by atoms with Gasteiger partial charge in [-0.3, -0.25) is 4.79 Å². The van der Waals surface area contributed by atoms with E-state index in [-0.39, 0.29) is 18.0 Å². The van der Waals surface area contributed by atoms with Crippen molar-refractivity contribution in [1.82, 2.24) is 10.6 Å². The monoisotopic (exact) mass is 284 g/mol. The lowest BCUT2D eigenvalue weighted by Gasteiger charge is -2.21. The number of carbonyl (C=O) groups excluding carboxylic acids is 1. The molecule has 2 rings (SSSR count). The zero-order chi connectivity index (χ0) is 14.8. The SMILES string of the molecule is CC(C(=O)NCc1ccccc1C(F)(F)F)=C1CNC1. The van der Waals surface area contributed by atoms with Crippen LogP contribution in [0.25, 0.3) is 0 Å². The number of nitrogens with one attached hydrogen (secondary N) is 2. The molecule has 20 heavy (non-hydrogen) atoms. The molecule has 0 bridgehead atoms. The molecule has 2 N–H and O–H groups in total. The molecule has 0 radical (unpaired) electrons. The smallest absolute Gasteiger partial charge is 0.348 e. The summed E-state index contributed by atoms with van der Waals surface area (Å²) in [4.78, 5) is 11.8. The lowest BCUT2D eigenvalue weighted by atomic mass is 10.0. The van der Waals surface area contributed by atoms with Gasteiger partial charge in [-0.1, -0.05) is 18.2 Å². The van der Waals surface area contributed by atoms with E-state index in [1.54, 1.807) is 6.92 Å². The number of benzene rings is 1. The van der Waals surface area contributed by atoms with Crippen LogP contribution in [0.4, 0.5) is 13.2 Å². The number of alkyl halides is 3. The summed E-state index contributed by atoms with van der Waals surface area (Å²) in [6.45, 7) is 2.88. The van der Waals surface area contributed by atoms with E-state index in [0.29, 0.717) is 18.7 Å². The van der Waals surface area contributed by atoms with Crippen LogP contribution in [0.3, 0.4) is 0 Å². The Morgan fingerprint density at radius 3 is 2.50 bits per heavy atom. The van der Waals surface area contributed by atoms with Crippen molar-refractivity contribution in [2.75, 3.05) is 13.1 Å². The first-order valence-corrected chi connectivity index (χ1v) is 6.22. The van der Waals surface area contributed by atoms with Gasteiger partial charge in [-0.25, -0.2) is 0 Å². The molecule has 1 amide bonds. The van der Waals surface area contributed by atoms with Gasteiger partial charge in [-0.05, 0) is 24.1 Å². The normalized spacial score (nSPS) is 14.7. The van der Waals surface area contributed by atoms with Gasteiger partial charge in [0.1, 0.15) is 0 Å². The molecule has 1 saturated heterocycles. The molecular weight excluding hydrogens is 269 g/mol. The summed E-state index contributed by atoms with van der Waals surface area (Å²) in [5, 5.41) is 5.55. The van der Waals surface area contributed by atoms with Gasteiger partial charge in [0.05, 0.1) is 5.56 Å². The van der Waals surface area contributed by atoms with Crippen LogP contribution in [0.15, 0.2) is 35.4 Å². The van der Waals surface area contributed by atoms with Crippen molar-refractivity contribution in [3.8, 4) is 0 Å². The highest BCUT2D eigenvalue weighted by Gasteiger charge is 2.32. The summed E-state index contributed by atoms with van der Waals surface area (Å²) in [6, 6.07) is 5.25. The molecule has 1 fully saturated rings. The van der Waals surface area contributed by atoms with Crippen LogP contribution >= 0.6 is 0 Å². The predicted octanol–water partition coefficient (Wildman–Crippen LogP) is 2.24. The standard InChI is InChI=1S/C14H15F3N2O/c1-9(11-6-18-7-11)13(20)19-8-10-4-2-3-5-12(10)14(15,16)17/h2-5,18H,6-8H2,1H3,(H,19,20). The van der Waals surface area contributed by atoms with Gasteiger partial charge in [0.15, 0.2) is 0 Å². The fourth-order valence-corrected chi connectivity index (χ4v) is 1.93. The third-order valence-electron chi connectivity index (χ3n) is 3.31. The quantitative estimate of drug-likeness (QED) is 0.836. The second kappa shape index (κ2) is 5.66. The van der Waals surface area contributed by atoms with Crippen LogP contribution < -0.4 is 10.6 Å². The first-order valence-electron chi connectivity index (χ1n) is 6.22. The van der Waals surface area contributed by atoms with Gasteiger partial charge < -0.3 is 10.6 Å². The highest BCUT2D eigenvalue weighted by molar-refractivity contribution is 5.93. The summed E-state index contributed by atoms with van der Waals surface area (Å²) in [6.07, 6.45) is -4.41. The molecule has 1 aromatic rings.